The van der Waals surface area contributed by atoms with Crippen molar-refractivity contribution in [2.24, 2.45) is 0 Å². The van der Waals surface area contributed by atoms with Gasteiger partial charge in [-0.15, -0.1) is 16.7 Å². The topological polar surface area (TPSA) is 42.2 Å². The molecule has 0 spiro atoms. The van der Waals surface area contributed by atoms with Crippen LogP contribution < -0.4 is 4.90 Å². The van der Waals surface area contributed by atoms with Gasteiger partial charge >= 0.3 is 6.01 Å². The second-order valence-corrected chi connectivity index (χ2v) is 3.39. The van der Waals surface area contributed by atoms with E-state index < -0.39 is 0 Å². The summed E-state index contributed by atoms with van der Waals surface area (Å²) < 4.78 is 18.7. The van der Waals surface area contributed by atoms with Gasteiger partial charge in [-0.05, 0) is 12.1 Å². The van der Waals surface area contributed by atoms with Crippen molar-refractivity contribution in [2.45, 2.75) is 5.88 Å². The first kappa shape index (κ1) is 10.9. The van der Waals surface area contributed by atoms with Gasteiger partial charge in [0.15, 0.2) is 0 Å². The molecule has 16 heavy (non-hydrogen) atoms. The van der Waals surface area contributed by atoms with Crippen molar-refractivity contribution >= 4 is 23.3 Å². The zero-order chi connectivity index (χ0) is 11.5. The van der Waals surface area contributed by atoms with E-state index in [0.29, 0.717) is 11.6 Å². The predicted molar refractivity (Wildman–Crippen MR) is 58.3 cm³/mol. The van der Waals surface area contributed by atoms with E-state index in [0.717, 1.165) is 0 Å². The van der Waals surface area contributed by atoms with E-state index in [9.17, 15) is 4.39 Å². The van der Waals surface area contributed by atoms with Crippen LogP contribution in [-0.4, -0.2) is 17.2 Å². The van der Waals surface area contributed by atoms with Crippen molar-refractivity contribution in [1.29, 1.82) is 0 Å². The van der Waals surface area contributed by atoms with Crippen molar-refractivity contribution in [3.05, 3.63) is 36.0 Å². The van der Waals surface area contributed by atoms with Crippen LogP contribution in [-0.2, 0) is 5.88 Å². The highest BCUT2D eigenvalue weighted by molar-refractivity contribution is 6.16. The van der Waals surface area contributed by atoms with Crippen molar-refractivity contribution in [3.63, 3.8) is 0 Å². The normalized spacial score (nSPS) is 10.4. The first-order chi connectivity index (χ1) is 7.72. The lowest BCUT2D eigenvalue weighted by molar-refractivity contribution is 0.515. The van der Waals surface area contributed by atoms with Gasteiger partial charge in [0.2, 0.25) is 5.89 Å². The third kappa shape index (κ3) is 1.99. The van der Waals surface area contributed by atoms with Gasteiger partial charge in [0, 0.05) is 7.05 Å². The maximum atomic E-state index is 13.5. The van der Waals surface area contributed by atoms with E-state index in [-0.39, 0.29) is 17.7 Å². The van der Waals surface area contributed by atoms with Crippen LogP contribution in [0.4, 0.5) is 16.1 Å². The molecule has 0 atom stereocenters. The van der Waals surface area contributed by atoms with Gasteiger partial charge in [-0.1, -0.05) is 17.2 Å². The summed E-state index contributed by atoms with van der Waals surface area (Å²) in [5.41, 5.74) is 0.368. The number of anilines is 2. The molecule has 0 aliphatic carbocycles. The van der Waals surface area contributed by atoms with Crippen LogP contribution in [0.15, 0.2) is 28.7 Å². The highest BCUT2D eigenvalue weighted by Crippen LogP contribution is 2.24. The number of hydrogen-bond donors (Lipinski definition) is 0. The molecular weight excluding hydrogens is 233 g/mol. The van der Waals surface area contributed by atoms with Crippen molar-refractivity contribution in [3.8, 4) is 0 Å². The van der Waals surface area contributed by atoms with Gasteiger partial charge < -0.3 is 4.42 Å². The number of para-hydroxylation sites is 1. The van der Waals surface area contributed by atoms with Gasteiger partial charge in [0.1, 0.15) is 11.7 Å². The molecule has 0 bridgehead atoms. The Bertz CT molecular complexity index is 488. The smallest absolute Gasteiger partial charge is 0.322 e. The number of aromatic nitrogens is 2. The molecule has 84 valence electrons. The summed E-state index contributed by atoms with van der Waals surface area (Å²) in [5, 5.41) is 7.46. The molecule has 4 nitrogen and oxygen atoms in total. The van der Waals surface area contributed by atoms with E-state index in [1.165, 1.54) is 11.0 Å². The number of nitrogens with zero attached hydrogens (tertiary/aromatic N) is 3. The van der Waals surface area contributed by atoms with Gasteiger partial charge in [0.25, 0.3) is 0 Å². The fraction of sp³-hybridized carbons (Fsp3) is 0.200. The minimum Gasteiger partial charge on any atom is -0.406 e. The molecule has 0 aliphatic heterocycles. The summed E-state index contributed by atoms with van der Waals surface area (Å²) in [6, 6.07) is 6.55. The molecule has 0 saturated carbocycles. The fourth-order valence-corrected chi connectivity index (χ4v) is 1.37. The van der Waals surface area contributed by atoms with Crippen LogP contribution in [0.25, 0.3) is 0 Å². The summed E-state index contributed by atoms with van der Waals surface area (Å²) in [5.74, 6) is 0.0912. The van der Waals surface area contributed by atoms with E-state index in [1.807, 2.05) is 0 Å². The highest BCUT2D eigenvalue weighted by atomic mass is 35.5. The highest BCUT2D eigenvalue weighted by Gasteiger charge is 2.14. The molecule has 0 saturated heterocycles. The molecule has 1 aromatic carbocycles. The van der Waals surface area contributed by atoms with Crippen molar-refractivity contribution in [2.75, 3.05) is 11.9 Å². The summed E-state index contributed by atoms with van der Waals surface area (Å²) >= 11 is 5.53. The van der Waals surface area contributed by atoms with Crippen LogP contribution in [0.5, 0.6) is 0 Å². The van der Waals surface area contributed by atoms with Crippen molar-refractivity contribution < 1.29 is 8.81 Å². The van der Waals surface area contributed by atoms with Crippen LogP contribution in [0.1, 0.15) is 5.89 Å². The van der Waals surface area contributed by atoms with E-state index in [4.69, 9.17) is 16.0 Å². The second kappa shape index (κ2) is 4.49. The maximum Gasteiger partial charge on any atom is 0.322 e. The minimum absolute atomic E-state index is 0.137. The maximum absolute atomic E-state index is 13.5. The Balaban J connectivity index is 2.31. The second-order valence-electron chi connectivity index (χ2n) is 3.12. The summed E-state index contributed by atoms with van der Waals surface area (Å²) in [6.07, 6.45) is 0. The SMILES string of the molecule is CN(c1nnc(CCl)o1)c1ccccc1F. The molecule has 2 aromatic rings. The van der Waals surface area contributed by atoms with E-state index in [2.05, 4.69) is 10.2 Å². The first-order valence-electron chi connectivity index (χ1n) is 4.59. The number of halogens is 2. The van der Waals surface area contributed by atoms with Crippen LogP contribution in [0.2, 0.25) is 0 Å². The lowest BCUT2D eigenvalue weighted by atomic mass is 10.3. The fourth-order valence-electron chi connectivity index (χ4n) is 1.26. The molecule has 0 radical (unpaired) electrons. The predicted octanol–water partition coefficient (Wildman–Crippen LogP) is 2.72. The van der Waals surface area contributed by atoms with Gasteiger partial charge in [-0.25, -0.2) is 4.39 Å². The third-order valence-electron chi connectivity index (χ3n) is 2.07. The molecule has 1 aromatic heterocycles. The Kier molecular flexibility index (Phi) is 3.05. The average molecular weight is 242 g/mol. The molecule has 2 rings (SSSR count). The summed E-state index contributed by atoms with van der Waals surface area (Å²) in [7, 11) is 1.64. The molecule has 6 heteroatoms. The molecule has 0 fully saturated rings. The molecule has 0 unspecified atom stereocenters. The van der Waals surface area contributed by atoms with Gasteiger partial charge in [0.05, 0.1) is 5.69 Å². The molecule has 1 heterocycles. The van der Waals surface area contributed by atoms with Crippen LogP contribution >= 0.6 is 11.6 Å². The number of benzene rings is 1. The van der Waals surface area contributed by atoms with Gasteiger partial charge in [-0.2, -0.15) is 0 Å². The van der Waals surface area contributed by atoms with E-state index in [1.54, 1.807) is 25.2 Å². The van der Waals surface area contributed by atoms with E-state index >= 15 is 0 Å². The minimum atomic E-state index is -0.351. The zero-order valence-electron chi connectivity index (χ0n) is 8.52. The molecular formula is C10H9ClFN3O. The Hall–Kier alpha value is -1.62. The van der Waals surface area contributed by atoms with Gasteiger partial charge in [-0.3, -0.25) is 4.90 Å². The standard InChI is InChI=1S/C10H9ClFN3O/c1-15(8-5-3-2-4-7(8)12)10-14-13-9(6-11)16-10/h2-5H,6H2,1H3. The molecule has 0 N–H and O–H groups in total. The lowest BCUT2D eigenvalue weighted by Crippen LogP contribution is -2.11. The average Bonchev–Trinajstić information content (AvgIpc) is 2.77. The summed E-state index contributed by atoms with van der Waals surface area (Å²) in [6.45, 7) is 0. The summed E-state index contributed by atoms with van der Waals surface area (Å²) in [4.78, 5) is 1.47. The van der Waals surface area contributed by atoms with Crippen LogP contribution in [0, 0.1) is 5.82 Å². The number of hydrogen-bond acceptors (Lipinski definition) is 4. The largest absolute Gasteiger partial charge is 0.406 e. The lowest BCUT2D eigenvalue weighted by Gasteiger charge is -2.14. The Morgan fingerprint density at radius 1 is 1.38 bits per heavy atom. The Morgan fingerprint density at radius 3 is 2.75 bits per heavy atom. The first-order valence-corrected chi connectivity index (χ1v) is 5.12. The number of rotatable bonds is 3. The molecule has 0 amide bonds. The zero-order valence-corrected chi connectivity index (χ0v) is 9.28. The number of alkyl halides is 1. The monoisotopic (exact) mass is 241 g/mol. The molecule has 0 aliphatic rings. The third-order valence-corrected chi connectivity index (χ3v) is 2.30. The Labute approximate surface area is 96.6 Å². The van der Waals surface area contributed by atoms with Crippen LogP contribution in [0.3, 0.4) is 0 Å². The van der Waals surface area contributed by atoms with Crippen molar-refractivity contribution in [1.82, 2.24) is 10.2 Å². The Morgan fingerprint density at radius 2 is 2.12 bits per heavy atom. The quantitative estimate of drug-likeness (QED) is 0.775.